The zero-order valence-corrected chi connectivity index (χ0v) is 10.8. The molecule has 0 bridgehead atoms. The Bertz CT molecular complexity index is 289. The third kappa shape index (κ3) is 5.01. The van der Waals surface area contributed by atoms with E-state index in [-0.39, 0.29) is 6.04 Å². The van der Waals surface area contributed by atoms with Crippen molar-refractivity contribution < 1.29 is 5.11 Å². The molecule has 1 aromatic rings. The Morgan fingerprint density at radius 3 is 2.44 bits per heavy atom. The molecule has 0 aliphatic carbocycles. The monoisotopic (exact) mass is 239 g/mol. The third-order valence-corrected chi connectivity index (χ3v) is 3.52. The highest BCUT2D eigenvalue weighted by Gasteiger charge is 2.16. The highest BCUT2D eigenvalue weighted by Crippen LogP contribution is 2.19. The Morgan fingerprint density at radius 1 is 1.25 bits per heavy atom. The number of hydrogen-bond donors (Lipinski definition) is 2. The Kier molecular flexibility index (Phi) is 5.88. The molecule has 3 N–H and O–H groups in total. The molecule has 2 nitrogen and oxygen atoms in total. The van der Waals surface area contributed by atoms with Crippen molar-refractivity contribution in [1.29, 1.82) is 0 Å². The molecule has 0 saturated carbocycles. The van der Waals surface area contributed by atoms with E-state index in [9.17, 15) is 5.11 Å². The SMILES string of the molecule is CC(C)CC(N)C(O)CSc1ccccc1. The van der Waals surface area contributed by atoms with Gasteiger partial charge < -0.3 is 10.8 Å². The number of hydrogen-bond acceptors (Lipinski definition) is 3. The number of thioether (sulfide) groups is 1. The van der Waals surface area contributed by atoms with Crippen LogP contribution in [0.15, 0.2) is 35.2 Å². The normalized spacial score (nSPS) is 15.1. The second-order valence-corrected chi connectivity index (χ2v) is 5.58. The predicted molar refractivity (Wildman–Crippen MR) is 70.6 cm³/mol. The lowest BCUT2D eigenvalue weighted by Gasteiger charge is -2.20. The molecule has 0 radical (unpaired) electrons. The first-order valence-electron chi connectivity index (χ1n) is 5.71. The molecule has 1 rings (SSSR count). The quantitative estimate of drug-likeness (QED) is 0.750. The lowest BCUT2D eigenvalue weighted by atomic mass is 10.0. The van der Waals surface area contributed by atoms with Gasteiger partial charge in [0.15, 0.2) is 0 Å². The van der Waals surface area contributed by atoms with E-state index in [1.807, 2.05) is 30.3 Å². The van der Waals surface area contributed by atoms with Crippen LogP contribution < -0.4 is 5.73 Å². The van der Waals surface area contributed by atoms with Crippen molar-refractivity contribution in [2.45, 2.75) is 37.3 Å². The van der Waals surface area contributed by atoms with Crippen molar-refractivity contribution in [3.8, 4) is 0 Å². The Balaban J connectivity index is 2.32. The van der Waals surface area contributed by atoms with Gasteiger partial charge in [-0.15, -0.1) is 11.8 Å². The fourth-order valence-electron chi connectivity index (χ4n) is 1.52. The van der Waals surface area contributed by atoms with Gasteiger partial charge in [0.2, 0.25) is 0 Å². The van der Waals surface area contributed by atoms with E-state index in [1.54, 1.807) is 11.8 Å². The van der Waals surface area contributed by atoms with Gasteiger partial charge in [0.05, 0.1) is 6.10 Å². The van der Waals surface area contributed by atoms with Crippen LogP contribution >= 0.6 is 11.8 Å². The second kappa shape index (κ2) is 6.94. The molecule has 0 aromatic heterocycles. The molecule has 0 spiro atoms. The van der Waals surface area contributed by atoms with E-state index < -0.39 is 6.10 Å². The summed E-state index contributed by atoms with van der Waals surface area (Å²) in [5, 5.41) is 9.88. The molecule has 3 heteroatoms. The third-order valence-electron chi connectivity index (χ3n) is 2.40. The van der Waals surface area contributed by atoms with E-state index in [1.165, 1.54) is 4.90 Å². The minimum Gasteiger partial charge on any atom is -0.391 e. The van der Waals surface area contributed by atoms with Gasteiger partial charge in [-0.3, -0.25) is 0 Å². The molecule has 0 aliphatic heterocycles. The van der Waals surface area contributed by atoms with Crippen molar-refractivity contribution in [3.05, 3.63) is 30.3 Å². The van der Waals surface area contributed by atoms with Crippen LogP contribution in [0.4, 0.5) is 0 Å². The maximum atomic E-state index is 9.88. The van der Waals surface area contributed by atoms with Gasteiger partial charge >= 0.3 is 0 Å². The van der Waals surface area contributed by atoms with E-state index in [4.69, 9.17) is 5.73 Å². The van der Waals surface area contributed by atoms with Crippen LogP contribution in [0, 0.1) is 5.92 Å². The van der Waals surface area contributed by atoms with Crippen molar-refractivity contribution in [2.75, 3.05) is 5.75 Å². The standard InChI is InChI=1S/C13H21NOS/c1-10(2)8-12(14)13(15)9-16-11-6-4-3-5-7-11/h3-7,10,12-13,15H,8-9,14H2,1-2H3. The van der Waals surface area contributed by atoms with E-state index in [0.717, 1.165) is 6.42 Å². The zero-order chi connectivity index (χ0) is 12.0. The fourth-order valence-corrected chi connectivity index (χ4v) is 2.48. The summed E-state index contributed by atoms with van der Waals surface area (Å²) in [5.41, 5.74) is 5.92. The van der Waals surface area contributed by atoms with Gasteiger partial charge in [0, 0.05) is 16.7 Å². The summed E-state index contributed by atoms with van der Waals surface area (Å²) >= 11 is 1.65. The first kappa shape index (κ1) is 13.6. The molecule has 2 atom stereocenters. The minimum atomic E-state index is -0.424. The Labute approximate surface area is 102 Å². The van der Waals surface area contributed by atoms with Crippen molar-refractivity contribution >= 4 is 11.8 Å². The van der Waals surface area contributed by atoms with Gasteiger partial charge in [0.25, 0.3) is 0 Å². The summed E-state index contributed by atoms with van der Waals surface area (Å²) in [6.07, 6.45) is 0.448. The van der Waals surface area contributed by atoms with Gasteiger partial charge in [-0.05, 0) is 24.5 Å². The molecule has 16 heavy (non-hydrogen) atoms. The Hall–Kier alpha value is -0.510. The van der Waals surface area contributed by atoms with Gasteiger partial charge in [-0.25, -0.2) is 0 Å². The summed E-state index contributed by atoms with van der Waals surface area (Å²) in [4.78, 5) is 1.18. The maximum Gasteiger partial charge on any atom is 0.0784 e. The van der Waals surface area contributed by atoms with Crippen LogP contribution in [0.1, 0.15) is 20.3 Å². The lowest BCUT2D eigenvalue weighted by molar-refractivity contribution is 0.157. The molecular weight excluding hydrogens is 218 g/mol. The molecule has 0 aliphatic rings. The molecular formula is C13H21NOS. The molecule has 1 aromatic carbocycles. The van der Waals surface area contributed by atoms with Crippen molar-refractivity contribution in [2.24, 2.45) is 11.7 Å². The molecule has 0 fully saturated rings. The lowest BCUT2D eigenvalue weighted by Crippen LogP contribution is -2.37. The first-order chi connectivity index (χ1) is 7.59. The molecule has 0 amide bonds. The van der Waals surface area contributed by atoms with E-state index in [0.29, 0.717) is 11.7 Å². The first-order valence-corrected chi connectivity index (χ1v) is 6.69. The largest absolute Gasteiger partial charge is 0.391 e. The summed E-state index contributed by atoms with van der Waals surface area (Å²) in [6, 6.07) is 9.98. The van der Waals surface area contributed by atoms with Crippen molar-refractivity contribution in [3.63, 3.8) is 0 Å². The summed E-state index contributed by atoms with van der Waals surface area (Å²) in [5.74, 6) is 1.20. The van der Waals surface area contributed by atoms with Crippen LogP contribution in [0.2, 0.25) is 0 Å². The number of rotatable bonds is 6. The summed E-state index contributed by atoms with van der Waals surface area (Å²) < 4.78 is 0. The van der Waals surface area contributed by atoms with Gasteiger partial charge in [-0.1, -0.05) is 32.0 Å². The van der Waals surface area contributed by atoms with E-state index in [2.05, 4.69) is 13.8 Å². The van der Waals surface area contributed by atoms with Crippen LogP contribution in [0.25, 0.3) is 0 Å². The molecule has 0 saturated heterocycles. The van der Waals surface area contributed by atoms with E-state index >= 15 is 0 Å². The van der Waals surface area contributed by atoms with Gasteiger partial charge in [-0.2, -0.15) is 0 Å². The smallest absolute Gasteiger partial charge is 0.0784 e. The fraction of sp³-hybridized carbons (Fsp3) is 0.538. The number of aliphatic hydroxyl groups is 1. The molecule has 90 valence electrons. The highest BCUT2D eigenvalue weighted by atomic mass is 32.2. The second-order valence-electron chi connectivity index (χ2n) is 4.48. The zero-order valence-electron chi connectivity index (χ0n) is 9.97. The average Bonchev–Trinajstić information content (AvgIpc) is 2.26. The Morgan fingerprint density at radius 2 is 1.88 bits per heavy atom. The predicted octanol–water partition coefficient (Wildman–Crippen LogP) is 2.51. The maximum absolute atomic E-state index is 9.88. The summed E-state index contributed by atoms with van der Waals surface area (Å²) in [7, 11) is 0. The van der Waals surface area contributed by atoms with Crippen LogP contribution in [-0.2, 0) is 0 Å². The van der Waals surface area contributed by atoms with Crippen LogP contribution in [0.3, 0.4) is 0 Å². The highest BCUT2D eigenvalue weighted by molar-refractivity contribution is 7.99. The number of nitrogens with two attached hydrogens (primary N) is 1. The average molecular weight is 239 g/mol. The van der Waals surface area contributed by atoms with Crippen LogP contribution in [0.5, 0.6) is 0 Å². The number of aliphatic hydroxyl groups excluding tert-OH is 1. The summed E-state index contributed by atoms with van der Waals surface area (Å²) in [6.45, 7) is 4.24. The molecule has 0 heterocycles. The van der Waals surface area contributed by atoms with Crippen molar-refractivity contribution in [1.82, 2.24) is 0 Å². The van der Waals surface area contributed by atoms with Gasteiger partial charge in [0.1, 0.15) is 0 Å². The molecule has 2 unspecified atom stereocenters. The van der Waals surface area contributed by atoms with Crippen LogP contribution in [-0.4, -0.2) is 23.0 Å². The number of benzene rings is 1. The topological polar surface area (TPSA) is 46.2 Å². The minimum absolute atomic E-state index is 0.115.